The van der Waals surface area contributed by atoms with E-state index in [0.717, 1.165) is 22.2 Å². The molecule has 3 aromatic rings. The van der Waals surface area contributed by atoms with Crippen LogP contribution in [0.1, 0.15) is 21.6 Å². The normalized spacial score (nSPS) is 11.0. The lowest BCUT2D eigenvalue weighted by Crippen LogP contribution is -2.18. The van der Waals surface area contributed by atoms with Crippen LogP contribution in [0.2, 0.25) is 0 Å². The topological polar surface area (TPSA) is 99.8 Å². The Balaban J connectivity index is 2.37. The van der Waals surface area contributed by atoms with Gasteiger partial charge in [-0.05, 0) is 43.7 Å². The van der Waals surface area contributed by atoms with Gasteiger partial charge in [-0.2, -0.15) is 5.10 Å². The second-order valence-electron chi connectivity index (χ2n) is 5.02. The molecule has 106 valence electrons. The molecule has 2 heterocycles. The fourth-order valence-corrected chi connectivity index (χ4v) is 2.48. The number of primary amides is 1. The summed E-state index contributed by atoms with van der Waals surface area (Å²) in [7, 11) is 0. The lowest BCUT2D eigenvalue weighted by molar-refractivity contribution is 0.0999. The Morgan fingerprint density at radius 1 is 1.24 bits per heavy atom. The maximum atomic E-state index is 11.8. The first kappa shape index (κ1) is 13.1. The average molecular weight is 281 g/mol. The number of amides is 1. The lowest BCUT2D eigenvalue weighted by atomic mass is 10.1. The molecule has 6 heteroatoms. The molecule has 0 unspecified atom stereocenters. The largest absolute Gasteiger partial charge is 0.399 e. The number of aryl methyl sites for hydroxylation is 2. The molecular formula is C15H15N5O. The summed E-state index contributed by atoms with van der Waals surface area (Å²) in [4.78, 5) is 16.2. The number of benzene rings is 1. The first-order valence-electron chi connectivity index (χ1n) is 6.49. The van der Waals surface area contributed by atoms with Crippen molar-refractivity contribution in [1.29, 1.82) is 0 Å². The quantitative estimate of drug-likeness (QED) is 0.698. The number of nitrogens with zero attached hydrogens (tertiary/aromatic N) is 3. The maximum Gasteiger partial charge on any atom is 0.252 e. The number of hydrogen-bond donors (Lipinski definition) is 2. The molecule has 4 N–H and O–H groups in total. The summed E-state index contributed by atoms with van der Waals surface area (Å²) < 4.78 is 1.60. The molecule has 21 heavy (non-hydrogen) atoms. The van der Waals surface area contributed by atoms with Gasteiger partial charge in [-0.3, -0.25) is 4.79 Å². The molecule has 2 aromatic heterocycles. The van der Waals surface area contributed by atoms with Crippen molar-refractivity contribution >= 4 is 22.5 Å². The standard InChI is InChI=1S/C15H15N5O/c1-8-5-9(2)19-15(13(8)14(17)21)20-12-6-11(16)4-3-10(12)7-18-20/h3-7H,16H2,1-2H3,(H2,17,21). The maximum absolute atomic E-state index is 11.8. The summed E-state index contributed by atoms with van der Waals surface area (Å²) in [6.45, 7) is 3.69. The highest BCUT2D eigenvalue weighted by molar-refractivity contribution is 5.98. The summed E-state index contributed by atoms with van der Waals surface area (Å²) in [5.41, 5.74) is 14.7. The van der Waals surface area contributed by atoms with Crippen LogP contribution in [0.4, 0.5) is 5.69 Å². The number of hydrogen-bond acceptors (Lipinski definition) is 4. The Labute approximate surface area is 121 Å². The molecule has 6 nitrogen and oxygen atoms in total. The van der Waals surface area contributed by atoms with Gasteiger partial charge >= 0.3 is 0 Å². The van der Waals surface area contributed by atoms with Crippen LogP contribution in [0, 0.1) is 13.8 Å². The minimum atomic E-state index is -0.525. The zero-order chi connectivity index (χ0) is 15.1. The molecule has 0 radical (unpaired) electrons. The van der Waals surface area contributed by atoms with Gasteiger partial charge in [0.2, 0.25) is 0 Å². The van der Waals surface area contributed by atoms with Crippen molar-refractivity contribution in [2.45, 2.75) is 13.8 Å². The first-order chi connectivity index (χ1) is 9.97. The second kappa shape index (κ2) is 4.59. The fraction of sp³-hybridized carbons (Fsp3) is 0.133. The lowest BCUT2D eigenvalue weighted by Gasteiger charge is -2.11. The van der Waals surface area contributed by atoms with E-state index in [-0.39, 0.29) is 0 Å². The van der Waals surface area contributed by atoms with Crippen LogP contribution < -0.4 is 11.5 Å². The Bertz CT molecular complexity index is 866. The summed E-state index contributed by atoms with van der Waals surface area (Å²) in [6.07, 6.45) is 1.71. The summed E-state index contributed by atoms with van der Waals surface area (Å²) in [5, 5.41) is 5.24. The minimum absolute atomic E-state index is 0.369. The monoisotopic (exact) mass is 281 g/mol. The van der Waals surface area contributed by atoms with Gasteiger partial charge in [-0.15, -0.1) is 0 Å². The fourth-order valence-electron chi connectivity index (χ4n) is 2.48. The number of carbonyl (C=O) groups excluding carboxylic acids is 1. The van der Waals surface area contributed by atoms with E-state index in [9.17, 15) is 4.79 Å². The van der Waals surface area contributed by atoms with E-state index in [0.29, 0.717) is 17.1 Å². The highest BCUT2D eigenvalue weighted by atomic mass is 16.1. The minimum Gasteiger partial charge on any atom is -0.399 e. The van der Waals surface area contributed by atoms with Gasteiger partial charge in [-0.1, -0.05) is 0 Å². The number of nitrogens with two attached hydrogens (primary N) is 2. The van der Waals surface area contributed by atoms with Gasteiger partial charge in [0, 0.05) is 16.8 Å². The van der Waals surface area contributed by atoms with E-state index in [1.807, 2.05) is 26.0 Å². The number of pyridine rings is 1. The second-order valence-corrected chi connectivity index (χ2v) is 5.02. The van der Waals surface area contributed by atoms with Crippen LogP contribution >= 0.6 is 0 Å². The summed E-state index contributed by atoms with van der Waals surface area (Å²) >= 11 is 0. The van der Waals surface area contributed by atoms with Crippen LogP contribution in [0.25, 0.3) is 16.7 Å². The number of nitrogen functional groups attached to an aromatic ring is 1. The van der Waals surface area contributed by atoms with E-state index < -0.39 is 5.91 Å². The summed E-state index contributed by atoms with van der Waals surface area (Å²) in [6, 6.07) is 7.30. The SMILES string of the molecule is Cc1cc(C)c(C(N)=O)c(-n2ncc3ccc(N)cc32)n1. The van der Waals surface area contributed by atoms with Crippen molar-refractivity contribution < 1.29 is 4.79 Å². The number of carbonyl (C=O) groups is 1. The van der Waals surface area contributed by atoms with Gasteiger partial charge in [0.05, 0.1) is 17.3 Å². The number of fused-ring (bicyclic) bond motifs is 1. The number of aromatic nitrogens is 3. The van der Waals surface area contributed by atoms with Gasteiger partial charge in [0.15, 0.2) is 5.82 Å². The molecule has 0 saturated carbocycles. The third kappa shape index (κ3) is 2.10. The third-order valence-electron chi connectivity index (χ3n) is 3.37. The van der Waals surface area contributed by atoms with Crippen molar-refractivity contribution in [1.82, 2.24) is 14.8 Å². The molecule has 0 spiro atoms. The molecule has 0 aliphatic carbocycles. The van der Waals surface area contributed by atoms with Crippen LogP contribution in [0.3, 0.4) is 0 Å². The Kier molecular flexibility index (Phi) is 2.86. The Morgan fingerprint density at radius 2 is 2.00 bits per heavy atom. The average Bonchev–Trinajstić information content (AvgIpc) is 2.79. The van der Waals surface area contributed by atoms with Crippen LogP contribution in [-0.4, -0.2) is 20.7 Å². The van der Waals surface area contributed by atoms with E-state index >= 15 is 0 Å². The van der Waals surface area contributed by atoms with Gasteiger partial charge < -0.3 is 11.5 Å². The molecule has 0 aliphatic heterocycles. The van der Waals surface area contributed by atoms with Gasteiger partial charge in [0.25, 0.3) is 5.91 Å². The van der Waals surface area contributed by atoms with Crippen LogP contribution in [-0.2, 0) is 0 Å². The van der Waals surface area contributed by atoms with E-state index in [1.165, 1.54) is 0 Å². The first-order valence-corrected chi connectivity index (χ1v) is 6.49. The molecule has 0 fully saturated rings. The molecule has 3 rings (SSSR count). The van der Waals surface area contributed by atoms with Gasteiger partial charge in [0.1, 0.15) is 0 Å². The highest BCUT2D eigenvalue weighted by Gasteiger charge is 2.18. The molecule has 0 saturated heterocycles. The van der Waals surface area contributed by atoms with Crippen LogP contribution in [0.5, 0.6) is 0 Å². The Hall–Kier alpha value is -2.89. The number of rotatable bonds is 2. The van der Waals surface area contributed by atoms with Crippen molar-refractivity contribution in [2.24, 2.45) is 5.73 Å². The van der Waals surface area contributed by atoms with E-state index in [4.69, 9.17) is 11.5 Å². The zero-order valence-electron chi connectivity index (χ0n) is 11.8. The predicted octanol–water partition coefficient (Wildman–Crippen LogP) is 1.72. The van der Waals surface area contributed by atoms with E-state index in [2.05, 4.69) is 10.1 Å². The molecule has 0 atom stereocenters. The smallest absolute Gasteiger partial charge is 0.252 e. The van der Waals surface area contributed by atoms with Crippen LogP contribution in [0.15, 0.2) is 30.5 Å². The highest BCUT2D eigenvalue weighted by Crippen LogP contribution is 2.23. The van der Waals surface area contributed by atoms with Crippen molar-refractivity contribution in [3.63, 3.8) is 0 Å². The van der Waals surface area contributed by atoms with Gasteiger partial charge in [-0.25, -0.2) is 9.67 Å². The zero-order valence-corrected chi connectivity index (χ0v) is 11.8. The van der Waals surface area contributed by atoms with Crippen molar-refractivity contribution in [3.8, 4) is 5.82 Å². The Morgan fingerprint density at radius 3 is 2.71 bits per heavy atom. The molecular weight excluding hydrogens is 266 g/mol. The molecule has 0 bridgehead atoms. The molecule has 1 aromatic carbocycles. The molecule has 1 amide bonds. The number of anilines is 1. The van der Waals surface area contributed by atoms with E-state index in [1.54, 1.807) is 23.0 Å². The molecule has 0 aliphatic rings. The predicted molar refractivity (Wildman–Crippen MR) is 81.3 cm³/mol. The third-order valence-corrected chi connectivity index (χ3v) is 3.37. The summed E-state index contributed by atoms with van der Waals surface area (Å²) in [5.74, 6) is -0.0943. The van der Waals surface area contributed by atoms with Crippen molar-refractivity contribution in [2.75, 3.05) is 5.73 Å². The van der Waals surface area contributed by atoms with Crippen molar-refractivity contribution in [3.05, 3.63) is 47.3 Å².